The molecule has 1 aromatic carbocycles. The van der Waals surface area contributed by atoms with Crippen molar-refractivity contribution in [1.82, 2.24) is 10.3 Å². The molecule has 2 aromatic rings. The van der Waals surface area contributed by atoms with Crippen molar-refractivity contribution in [2.45, 2.75) is 25.8 Å². The SMILES string of the molecule is COC(=O)c1cccc(C(=O)N[C@@H](C)CCc2ccc(OC)cc2)n1. The molecule has 6 nitrogen and oxygen atoms in total. The summed E-state index contributed by atoms with van der Waals surface area (Å²) >= 11 is 0. The van der Waals surface area contributed by atoms with Gasteiger partial charge in [0.2, 0.25) is 0 Å². The van der Waals surface area contributed by atoms with Crippen molar-refractivity contribution < 1.29 is 19.1 Å². The van der Waals surface area contributed by atoms with Crippen LogP contribution < -0.4 is 10.1 Å². The van der Waals surface area contributed by atoms with Gasteiger partial charge < -0.3 is 14.8 Å². The van der Waals surface area contributed by atoms with Crippen LogP contribution in [0.3, 0.4) is 0 Å². The van der Waals surface area contributed by atoms with E-state index < -0.39 is 5.97 Å². The molecule has 0 bridgehead atoms. The molecule has 2 rings (SSSR count). The van der Waals surface area contributed by atoms with Gasteiger partial charge in [-0.2, -0.15) is 0 Å². The van der Waals surface area contributed by atoms with Crippen LogP contribution in [0.1, 0.15) is 39.9 Å². The number of nitrogens with one attached hydrogen (secondary N) is 1. The second kappa shape index (κ2) is 8.82. The highest BCUT2D eigenvalue weighted by Gasteiger charge is 2.14. The first-order valence-electron chi connectivity index (χ1n) is 8.02. The molecule has 0 aliphatic rings. The first-order valence-corrected chi connectivity index (χ1v) is 8.02. The Hall–Kier alpha value is -2.89. The van der Waals surface area contributed by atoms with Crippen LogP contribution in [0, 0.1) is 0 Å². The molecule has 1 atom stereocenters. The number of aryl methyl sites for hydroxylation is 1. The maximum atomic E-state index is 12.3. The number of carbonyl (C=O) groups is 2. The molecule has 0 unspecified atom stereocenters. The molecule has 6 heteroatoms. The van der Waals surface area contributed by atoms with Crippen LogP contribution in [-0.2, 0) is 11.2 Å². The van der Waals surface area contributed by atoms with Gasteiger partial charge in [0.25, 0.3) is 5.91 Å². The number of carbonyl (C=O) groups excluding carboxylic acids is 2. The fourth-order valence-electron chi connectivity index (χ4n) is 2.32. The summed E-state index contributed by atoms with van der Waals surface area (Å²) in [5.41, 5.74) is 1.48. The highest BCUT2D eigenvalue weighted by atomic mass is 16.5. The molecule has 1 N–H and O–H groups in total. The number of amides is 1. The monoisotopic (exact) mass is 342 g/mol. The van der Waals surface area contributed by atoms with Crippen LogP contribution in [-0.4, -0.2) is 37.1 Å². The van der Waals surface area contributed by atoms with Crippen LogP contribution >= 0.6 is 0 Å². The Bertz CT molecular complexity index is 728. The van der Waals surface area contributed by atoms with Gasteiger partial charge in [0, 0.05) is 6.04 Å². The largest absolute Gasteiger partial charge is 0.497 e. The van der Waals surface area contributed by atoms with Crippen LogP contribution in [0.15, 0.2) is 42.5 Å². The van der Waals surface area contributed by atoms with Crippen molar-refractivity contribution in [2.24, 2.45) is 0 Å². The highest BCUT2D eigenvalue weighted by Crippen LogP contribution is 2.13. The molecule has 1 heterocycles. The van der Waals surface area contributed by atoms with Crippen molar-refractivity contribution in [1.29, 1.82) is 0 Å². The van der Waals surface area contributed by atoms with Crippen LogP contribution in [0.25, 0.3) is 0 Å². The van der Waals surface area contributed by atoms with Gasteiger partial charge in [0.1, 0.15) is 17.1 Å². The van der Waals surface area contributed by atoms with E-state index >= 15 is 0 Å². The van der Waals surface area contributed by atoms with Gasteiger partial charge in [0.15, 0.2) is 0 Å². The average Bonchev–Trinajstić information content (AvgIpc) is 2.66. The summed E-state index contributed by atoms with van der Waals surface area (Å²) in [4.78, 5) is 27.8. The predicted molar refractivity (Wildman–Crippen MR) is 93.8 cm³/mol. The smallest absolute Gasteiger partial charge is 0.356 e. The molecule has 0 fully saturated rings. The Morgan fingerprint density at radius 1 is 1.08 bits per heavy atom. The molecular weight excluding hydrogens is 320 g/mol. The molecule has 0 radical (unpaired) electrons. The van der Waals surface area contributed by atoms with E-state index in [1.54, 1.807) is 19.2 Å². The lowest BCUT2D eigenvalue weighted by atomic mass is 10.1. The van der Waals surface area contributed by atoms with E-state index in [2.05, 4.69) is 15.0 Å². The minimum absolute atomic E-state index is 0.0295. The minimum atomic E-state index is -0.567. The molecular formula is C19H22N2O4. The van der Waals surface area contributed by atoms with Gasteiger partial charge in [-0.05, 0) is 49.6 Å². The molecule has 1 aromatic heterocycles. The third-order valence-corrected chi connectivity index (χ3v) is 3.78. The minimum Gasteiger partial charge on any atom is -0.497 e. The first kappa shape index (κ1) is 18.4. The Balaban J connectivity index is 1.90. The van der Waals surface area contributed by atoms with Gasteiger partial charge >= 0.3 is 5.97 Å². The Kier molecular flexibility index (Phi) is 6.51. The van der Waals surface area contributed by atoms with E-state index in [4.69, 9.17) is 4.74 Å². The first-order chi connectivity index (χ1) is 12.0. The lowest BCUT2D eigenvalue weighted by Gasteiger charge is -2.14. The average molecular weight is 342 g/mol. The molecule has 25 heavy (non-hydrogen) atoms. The molecule has 0 aliphatic heterocycles. The van der Waals surface area contributed by atoms with Crippen LogP contribution in [0.4, 0.5) is 0 Å². The summed E-state index contributed by atoms with van der Waals surface area (Å²) in [6.45, 7) is 1.94. The van der Waals surface area contributed by atoms with Gasteiger partial charge in [-0.15, -0.1) is 0 Å². The fourth-order valence-corrected chi connectivity index (χ4v) is 2.32. The zero-order valence-electron chi connectivity index (χ0n) is 14.6. The van der Waals surface area contributed by atoms with Crippen LogP contribution in [0.5, 0.6) is 5.75 Å². The number of rotatable bonds is 7. The molecule has 1 amide bonds. The molecule has 0 spiro atoms. The van der Waals surface area contributed by atoms with Crippen molar-refractivity contribution in [2.75, 3.05) is 14.2 Å². The van der Waals surface area contributed by atoms with Crippen molar-refractivity contribution in [3.8, 4) is 5.75 Å². The maximum Gasteiger partial charge on any atom is 0.356 e. The number of methoxy groups -OCH3 is 2. The molecule has 0 saturated heterocycles. The lowest BCUT2D eigenvalue weighted by molar-refractivity contribution is 0.0594. The number of hydrogen-bond donors (Lipinski definition) is 1. The van der Waals surface area contributed by atoms with Gasteiger partial charge in [0.05, 0.1) is 14.2 Å². The normalized spacial score (nSPS) is 11.5. The molecule has 0 aliphatic carbocycles. The van der Waals surface area contributed by atoms with Gasteiger partial charge in [-0.3, -0.25) is 4.79 Å². The summed E-state index contributed by atoms with van der Waals surface area (Å²) in [6.07, 6.45) is 1.62. The maximum absolute atomic E-state index is 12.3. The second-order valence-electron chi connectivity index (χ2n) is 5.66. The lowest BCUT2D eigenvalue weighted by Crippen LogP contribution is -2.33. The summed E-state index contributed by atoms with van der Waals surface area (Å²) < 4.78 is 9.75. The summed E-state index contributed by atoms with van der Waals surface area (Å²) in [6, 6.07) is 12.5. The summed E-state index contributed by atoms with van der Waals surface area (Å²) in [5.74, 6) is -0.0585. The predicted octanol–water partition coefficient (Wildman–Crippen LogP) is 2.63. The molecule has 132 valence electrons. The van der Waals surface area contributed by atoms with Gasteiger partial charge in [-0.1, -0.05) is 18.2 Å². The number of esters is 1. The van der Waals surface area contributed by atoms with Gasteiger partial charge in [-0.25, -0.2) is 9.78 Å². The van der Waals surface area contributed by atoms with E-state index in [9.17, 15) is 9.59 Å². The third-order valence-electron chi connectivity index (χ3n) is 3.78. The highest BCUT2D eigenvalue weighted by molar-refractivity contribution is 5.94. The number of pyridine rings is 1. The number of nitrogens with zero attached hydrogens (tertiary/aromatic N) is 1. The Morgan fingerprint density at radius 3 is 2.40 bits per heavy atom. The van der Waals surface area contributed by atoms with Crippen molar-refractivity contribution in [3.05, 3.63) is 59.4 Å². The number of ether oxygens (including phenoxy) is 2. The standard InChI is InChI=1S/C19H22N2O4/c1-13(7-8-14-9-11-15(24-2)12-10-14)20-18(22)16-5-4-6-17(21-16)19(23)25-3/h4-6,9-13H,7-8H2,1-3H3,(H,20,22)/t13-/m0/s1. The van der Waals surface area contributed by atoms with E-state index in [1.807, 2.05) is 31.2 Å². The number of hydrogen-bond acceptors (Lipinski definition) is 5. The van der Waals surface area contributed by atoms with E-state index in [0.717, 1.165) is 18.6 Å². The number of aromatic nitrogens is 1. The Labute approximate surface area is 147 Å². The summed E-state index contributed by atoms with van der Waals surface area (Å²) in [7, 11) is 2.91. The second-order valence-corrected chi connectivity index (χ2v) is 5.66. The number of benzene rings is 1. The third kappa shape index (κ3) is 5.31. The van der Waals surface area contributed by atoms with Crippen LogP contribution in [0.2, 0.25) is 0 Å². The summed E-state index contributed by atoms with van der Waals surface area (Å²) in [5, 5.41) is 2.89. The van der Waals surface area contributed by atoms with Crippen molar-refractivity contribution in [3.63, 3.8) is 0 Å². The zero-order chi connectivity index (χ0) is 18.2. The fraction of sp³-hybridized carbons (Fsp3) is 0.316. The van der Waals surface area contributed by atoms with E-state index in [1.165, 1.54) is 18.7 Å². The van der Waals surface area contributed by atoms with E-state index in [-0.39, 0.29) is 23.3 Å². The Morgan fingerprint density at radius 2 is 1.76 bits per heavy atom. The zero-order valence-corrected chi connectivity index (χ0v) is 14.6. The topological polar surface area (TPSA) is 77.5 Å². The molecule has 0 saturated carbocycles. The van der Waals surface area contributed by atoms with E-state index in [0.29, 0.717) is 0 Å². The van der Waals surface area contributed by atoms with Crippen molar-refractivity contribution >= 4 is 11.9 Å². The quantitative estimate of drug-likeness (QED) is 0.783.